The third-order valence-electron chi connectivity index (χ3n) is 2.05. The van der Waals surface area contributed by atoms with Gasteiger partial charge < -0.3 is 5.73 Å². The zero-order valence-corrected chi connectivity index (χ0v) is 11.3. The number of rotatable bonds is 4. The largest absolute Gasteiger partial charge is 0.398 e. The van der Waals surface area contributed by atoms with Crippen molar-refractivity contribution in [1.82, 2.24) is 4.31 Å². The van der Waals surface area contributed by atoms with Crippen LogP contribution in [0.4, 0.5) is 5.69 Å². The summed E-state index contributed by atoms with van der Waals surface area (Å²) in [6, 6.07) is 4.74. The molecule has 1 rings (SSSR count). The summed E-state index contributed by atoms with van der Waals surface area (Å²) >= 11 is 3.22. The number of anilines is 1. The second-order valence-electron chi connectivity index (χ2n) is 3.26. The first kappa shape index (κ1) is 13.2. The predicted molar refractivity (Wildman–Crippen MR) is 68.6 cm³/mol. The van der Waals surface area contributed by atoms with Gasteiger partial charge in [-0.05, 0) is 18.2 Å². The van der Waals surface area contributed by atoms with Crippen LogP contribution in [0.2, 0.25) is 0 Å². The number of hydrogen-bond donors (Lipinski definition) is 1. The minimum Gasteiger partial charge on any atom is -0.398 e. The Bertz CT molecular complexity index is 500. The van der Waals surface area contributed by atoms with Gasteiger partial charge in [0, 0.05) is 18.1 Å². The zero-order valence-electron chi connectivity index (χ0n) is 8.85. The van der Waals surface area contributed by atoms with Crippen molar-refractivity contribution in [3.05, 3.63) is 35.3 Å². The van der Waals surface area contributed by atoms with Gasteiger partial charge in [0.15, 0.2) is 0 Å². The molecule has 1 aromatic rings. The van der Waals surface area contributed by atoms with Crippen LogP contribution in [0.1, 0.15) is 0 Å². The van der Waals surface area contributed by atoms with Crippen LogP contribution in [0, 0.1) is 0 Å². The SMILES string of the molecule is C=CCN(C)S(=O)(=O)c1cc(Br)ccc1N. The maximum absolute atomic E-state index is 12.1. The fourth-order valence-electron chi connectivity index (χ4n) is 1.18. The fourth-order valence-corrected chi connectivity index (χ4v) is 2.97. The number of nitrogen functional groups attached to an aromatic ring is 1. The van der Waals surface area contributed by atoms with E-state index in [0.717, 1.165) is 0 Å². The Labute approximate surface area is 104 Å². The Balaban J connectivity index is 3.26. The zero-order chi connectivity index (χ0) is 12.3. The Morgan fingerprint density at radius 1 is 1.56 bits per heavy atom. The average molecular weight is 305 g/mol. The van der Waals surface area contributed by atoms with Crippen LogP contribution in [0.5, 0.6) is 0 Å². The van der Waals surface area contributed by atoms with Gasteiger partial charge in [-0.2, -0.15) is 4.31 Å². The topological polar surface area (TPSA) is 63.4 Å². The lowest BCUT2D eigenvalue weighted by Crippen LogP contribution is -2.27. The first-order valence-electron chi connectivity index (χ1n) is 4.52. The minimum atomic E-state index is -3.55. The highest BCUT2D eigenvalue weighted by Gasteiger charge is 2.22. The highest BCUT2D eigenvalue weighted by atomic mass is 79.9. The van der Waals surface area contributed by atoms with E-state index in [4.69, 9.17) is 5.73 Å². The van der Waals surface area contributed by atoms with E-state index in [0.29, 0.717) is 4.47 Å². The molecular weight excluding hydrogens is 292 g/mol. The van der Waals surface area contributed by atoms with Crippen molar-refractivity contribution in [3.63, 3.8) is 0 Å². The van der Waals surface area contributed by atoms with Crippen LogP contribution >= 0.6 is 15.9 Å². The molecule has 0 saturated carbocycles. The van der Waals surface area contributed by atoms with Crippen LogP contribution < -0.4 is 5.73 Å². The molecule has 0 aliphatic rings. The summed E-state index contributed by atoms with van der Waals surface area (Å²) in [7, 11) is -2.06. The lowest BCUT2D eigenvalue weighted by atomic mass is 10.3. The van der Waals surface area contributed by atoms with E-state index in [9.17, 15) is 8.42 Å². The molecule has 88 valence electrons. The summed E-state index contributed by atoms with van der Waals surface area (Å²) in [4.78, 5) is 0.103. The van der Waals surface area contributed by atoms with Crippen LogP contribution in [-0.4, -0.2) is 26.3 Å². The van der Waals surface area contributed by atoms with Gasteiger partial charge in [-0.15, -0.1) is 6.58 Å². The molecule has 0 saturated heterocycles. The van der Waals surface area contributed by atoms with Gasteiger partial charge in [0.1, 0.15) is 4.90 Å². The number of benzene rings is 1. The summed E-state index contributed by atoms with van der Waals surface area (Å²) < 4.78 is 26.0. The van der Waals surface area contributed by atoms with Crippen molar-refractivity contribution < 1.29 is 8.42 Å². The lowest BCUT2D eigenvalue weighted by molar-refractivity contribution is 0.500. The Morgan fingerprint density at radius 3 is 2.75 bits per heavy atom. The maximum atomic E-state index is 12.1. The molecule has 6 heteroatoms. The number of halogens is 1. The molecular formula is C10H13BrN2O2S. The summed E-state index contributed by atoms with van der Waals surface area (Å²) in [6.07, 6.45) is 1.52. The molecule has 2 N–H and O–H groups in total. The van der Waals surface area contributed by atoms with E-state index in [1.54, 1.807) is 12.1 Å². The van der Waals surface area contributed by atoms with Gasteiger partial charge in [-0.3, -0.25) is 0 Å². The molecule has 0 radical (unpaired) electrons. The monoisotopic (exact) mass is 304 g/mol. The Kier molecular flexibility index (Phi) is 4.12. The molecule has 0 unspecified atom stereocenters. The molecule has 0 fully saturated rings. The summed E-state index contributed by atoms with van der Waals surface area (Å²) in [6.45, 7) is 3.75. The molecule has 0 amide bonds. The van der Waals surface area contributed by atoms with E-state index in [1.807, 2.05) is 0 Å². The van der Waals surface area contributed by atoms with Crippen molar-refractivity contribution in [2.75, 3.05) is 19.3 Å². The number of nitrogens with two attached hydrogens (primary N) is 1. The van der Waals surface area contributed by atoms with Gasteiger partial charge >= 0.3 is 0 Å². The second kappa shape index (κ2) is 4.99. The standard InChI is InChI=1S/C10H13BrN2O2S/c1-3-6-13(2)16(14,15)10-7-8(11)4-5-9(10)12/h3-5,7H,1,6,12H2,2H3. The van der Waals surface area contributed by atoms with Crippen molar-refractivity contribution >= 4 is 31.6 Å². The molecule has 0 aliphatic carbocycles. The van der Waals surface area contributed by atoms with Gasteiger partial charge in [0.2, 0.25) is 10.0 Å². The molecule has 4 nitrogen and oxygen atoms in total. The summed E-state index contributed by atoms with van der Waals surface area (Å²) in [5.74, 6) is 0. The highest BCUT2D eigenvalue weighted by Crippen LogP contribution is 2.25. The number of sulfonamides is 1. The van der Waals surface area contributed by atoms with Crippen LogP contribution in [-0.2, 0) is 10.0 Å². The van der Waals surface area contributed by atoms with Gasteiger partial charge in [0.05, 0.1) is 5.69 Å². The average Bonchev–Trinajstić information content (AvgIpc) is 2.22. The Morgan fingerprint density at radius 2 is 2.19 bits per heavy atom. The smallest absolute Gasteiger partial charge is 0.245 e. The fraction of sp³-hybridized carbons (Fsp3) is 0.200. The van der Waals surface area contributed by atoms with E-state index < -0.39 is 10.0 Å². The molecule has 16 heavy (non-hydrogen) atoms. The minimum absolute atomic E-state index is 0.103. The predicted octanol–water partition coefficient (Wildman–Crippen LogP) is 1.84. The molecule has 0 atom stereocenters. The summed E-state index contributed by atoms with van der Waals surface area (Å²) in [5, 5.41) is 0. The van der Waals surface area contributed by atoms with Gasteiger partial charge in [0.25, 0.3) is 0 Å². The van der Waals surface area contributed by atoms with E-state index in [1.165, 1.54) is 23.5 Å². The third kappa shape index (κ3) is 2.63. The van der Waals surface area contributed by atoms with Crippen LogP contribution in [0.25, 0.3) is 0 Å². The Hall–Kier alpha value is -0.850. The molecule has 0 bridgehead atoms. The molecule has 0 heterocycles. The van der Waals surface area contributed by atoms with E-state index in [-0.39, 0.29) is 17.1 Å². The quantitative estimate of drug-likeness (QED) is 0.682. The highest BCUT2D eigenvalue weighted by molar-refractivity contribution is 9.10. The maximum Gasteiger partial charge on any atom is 0.245 e. The lowest BCUT2D eigenvalue weighted by Gasteiger charge is -2.16. The van der Waals surface area contributed by atoms with Crippen molar-refractivity contribution in [1.29, 1.82) is 0 Å². The second-order valence-corrected chi connectivity index (χ2v) is 6.19. The molecule has 0 aromatic heterocycles. The van der Waals surface area contributed by atoms with Crippen LogP contribution in [0.15, 0.2) is 40.2 Å². The van der Waals surface area contributed by atoms with Crippen LogP contribution in [0.3, 0.4) is 0 Å². The van der Waals surface area contributed by atoms with Gasteiger partial charge in [-0.1, -0.05) is 22.0 Å². The van der Waals surface area contributed by atoms with Crippen molar-refractivity contribution in [2.45, 2.75) is 4.90 Å². The molecule has 0 spiro atoms. The molecule has 0 aliphatic heterocycles. The number of likely N-dealkylation sites (N-methyl/N-ethyl adjacent to an activating group) is 1. The van der Waals surface area contributed by atoms with E-state index in [2.05, 4.69) is 22.5 Å². The number of hydrogen-bond acceptors (Lipinski definition) is 3. The third-order valence-corrected chi connectivity index (χ3v) is 4.42. The first-order valence-corrected chi connectivity index (χ1v) is 6.75. The first-order chi connectivity index (χ1) is 7.39. The molecule has 1 aromatic carbocycles. The normalized spacial score (nSPS) is 11.7. The van der Waals surface area contributed by atoms with E-state index >= 15 is 0 Å². The summed E-state index contributed by atoms with van der Waals surface area (Å²) in [5.41, 5.74) is 5.89. The van der Waals surface area contributed by atoms with Crippen molar-refractivity contribution in [3.8, 4) is 0 Å². The van der Waals surface area contributed by atoms with Crippen molar-refractivity contribution in [2.24, 2.45) is 0 Å². The number of nitrogens with zero attached hydrogens (tertiary/aromatic N) is 1. The van der Waals surface area contributed by atoms with Gasteiger partial charge in [-0.25, -0.2) is 8.42 Å².